The third kappa shape index (κ3) is 2.80. The molecule has 1 saturated heterocycles. The number of ether oxygens (including phenoxy) is 1. The lowest BCUT2D eigenvalue weighted by Crippen LogP contribution is -2.51. The Hall–Kier alpha value is -3.57. The van der Waals surface area contributed by atoms with E-state index >= 15 is 0 Å². The van der Waals surface area contributed by atoms with Gasteiger partial charge < -0.3 is 19.3 Å². The van der Waals surface area contributed by atoms with E-state index in [1.807, 2.05) is 12.1 Å². The number of aryl methyl sites for hydroxylation is 1. The highest BCUT2D eigenvalue weighted by Crippen LogP contribution is 2.55. The molecule has 0 aliphatic carbocycles. The van der Waals surface area contributed by atoms with Crippen molar-refractivity contribution in [1.82, 2.24) is 4.57 Å². The fraction of sp³-hybridized carbons (Fsp3) is 0.276. The highest BCUT2D eigenvalue weighted by molar-refractivity contribution is 6.08. The first kappa shape index (κ1) is 21.0. The Bertz CT molecular complexity index is 1500. The second-order valence-electron chi connectivity index (χ2n) is 9.93. The number of benzene rings is 3. The van der Waals surface area contributed by atoms with E-state index < -0.39 is 11.7 Å². The Labute approximate surface area is 198 Å². The molecule has 1 fully saturated rings. The van der Waals surface area contributed by atoms with Gasteiger partial charge in [0.15, 0.2) is 5.72 Å². The predicted molar refractivity (Wildman–Crippen MR) is 136 cm³/mol. The maximum Gasteiger partial charge on any atom is 0.307 e. The molecule has 2 aliphatic heterocycles. The summed E-state index contributed by atoms with van der Waals surface area (Å²) >= 11 is 0. The number of nitrogens with zero attached hydrogens (tertiary/aromatic N) is 2. The molecule has 0 spiro atoms. The monoisotopic (exact) mass is 452 g/mol. The molecule has 0 radical (unpaired) electrons. The van der Waals surface area contributed by atoms with Crippen LogP contribution in [0.2, 0.25) is 0 Å². The van der Waals surface area contributed by atoms with Crippen molar-refractivity contribution in [1.29, 1.82) is 0 Å². The zero-order valence-electron chi connectivity index (χ0n) is 19.7. The smallest absolute Gasteiger partial charge is 0.307 e. The molecule has 3 aromatic carbocycles. The van der Waals surface area contributed by atoms with E-state index in [0.29, 0.717) is 6.61 Å². The van der Waals surface area contributed by atoms with Crippen LogP contribution in [0.5, 0.6) is 0 Å². The number of aliphatic carboxylic acids is 1. The van der Waals surface area contributed by atoms with Crippen molar-refractivity contribution in [2.24, 2.45) is 7.05 Å². The van der Waals surface area contributed by atoms with E-state index in [0.717, 1.165) is 28.9 Å². The molecule has 6 rings (SSSR count). The molecular weight excluding hydrogens is 424 g/mol. The summed E-state index contributed by atoms with van der Waals surface area (Å²) in [6.45, 7) is 5.85. The summed E-state index contributed by atoms with van der Waals surface area (Å²) in [5.41, 5.74) is 5.70. The molecule has 0 saturated carbocycles. The van der Waals surface area contributed by atoms with Crippen molar-refractivity contribution in [2.45, 2.75) is 31.4 Å². The summed E-state index contributed by atoms with van der Waals surface area (Å²) in [6, 6.07) is 21.1. The van der Waals surface area contributed by atoms with Gasteiger partial charge >= 0.3 is 5.97 Å². The molecule has 4 aromatic rings. The fourth-order valence-corrected chi connectivity index (χ4v) is 5.99. The van der Waals surface area contributed by atoms with E-state index in [1.54, 1.807) is 0 Å². The number of hydrogen-bond donors (Lipinski definition) is 1. The highest BCUT2D eigenvalue weighted by atomic mass is 16.5. The maximum atomic E-state index is 11.3. The third-order valence-corrected chi connectivity index (χ3v) is 7.75. The first-order chi connectivity index (χ1) is 16.3. The molecule has 34 heavy (non-hydrogen) atoms. The van der Waals surface area contributed by atoms with Crippen molar-refractivity contribution in [3.63, 3.8) is 0 Å². The first-order valence-corrected chi connectivity index (χ1v) is 11.7. The molecule has 0 bridgehead atoms. The van der Waals surface area contributed by atoms with Crippen molar-refractivity contribution in [2.75, 3.05) is 18.1 Å². The van der Waals surface area contributed by atoms with Crippen LogP contribution in [0, 0.1) is 0 Å². The number of carbonyl (C=O) groups is 1. The zero-order chi connectivity index (χ0) is 23.7. The van der Waals surface area contributed by atoms with E-state index in [-0.39, 0.29) is 11.8 Å². The van der Waals surface area contributed by atoms with Crippen molar-refractivity contribution < 1.29 is 14.6 Å². The van der Waals surface area contributed by atoms with Crippen molar-refractivity contribution in [3.05, 3.63) is 83.4 Å². The maximum absolute atomic E-state index is 11.3. The fourth-order valence-electron chi connectivity index (χ4n) is 5.99. The Morgan fingerprint density at radius 2 is 1.85 bits per heavy atom. The largest absolute Gasteiger partial charge is 0.481 e. The Balaban J connectivity index is 1.42. The lowest BCUT2D eigenvalue weighted by Gasteiger charge is -2.39. The second kappa shape index (κ2) is 7.21. The quantitative estimate of drug-likeness (QED) is 0.445. The predicted octanol–water partition coefficient (Wildman–Crippen LogP) is 5.50. The molecule has 172 valence electrons. The van der Waals surface area contributed by atoms with Crippen LogP contribution in [0.4, 0.5) is 5.69 Å². The average molecular weight is 453 g/mol. The van der Waals surface area contributed by atoms with Gasteiger partial charge in [-0.2, -0.15) is 0 Å². The lowest BCUT2D eigenvalue weighted by molar-refractivity contribution is -0.136. The van der Waals surface area contributed by atoms with Gasteiger partial charge in [0.05, 0.1) is 13.0 Å². The summed E-state index contributed by atoms with van der Waals surface area (Å²) in [5, 5.41) is 11.8. The normalized spacial score (nSPS) is 21.0. The molecule has 0 amide bonds. The highest BCUT2D eigenvalue weighted by Gasteiger charge is 2.59. The number of aromatic nitrogens is 1. The van der Waals surface area contributed by atoms with E-state index in [1.165, 1.54) is 21.8 Å². The molecule has 1 aromatic heterocycles. The van der Waals surface area contributed by atoms with E-state index in [4.69, 9.17) is 4.74 Å². The Morgan fingerprint density at radius 3 is 2.68 bits per heavy atom. The van der Waals surface area contributed by atoms with Crippen LogP contribution in [0.25, 0.3) is 27.9 Å². The topological polar surface area (TPSA) is 54.7 Å². The number of hydrogen-bond acceptors (Lipinski definition) is 3. The van der Waals surface area contributed by atoms with Gasteiger partial charge in [-0.15, -0.1) is 0 Å². The summed E-state index contributed by atoms with van der Waals surface area (Å²) in [6.07, 6.45) is 4.39. The lowest BCUT2D eigenvalue weighted by atomic mass is 9.76. The summed E-state index contributed by atoms with van der Waals surface area (Å²) < 4.78 is 8.73. The zero-order valence-corrected chi connectivity index (χ0v) is 19.7. The molecule has 1 unspecified atom stereocenters. The summed E-state index contributed by atoms with van der Waals surface area (Å²) in [4.78, 5) is 13.6. The molecule has 5 heteroatoms. The van der Waals surface area contributed by atoms with Gasteiger partial charge in [0.1, 0.15) is 0 Å². The van der Waals surface area contributed by atoms with Gasteiger partial charge in [-0.1, -0.05) is 62.4 Å². The molecule has 1 atom stereocenters. The minimum atomic E-state index is -0.814. The summed E-state index contributed by atoms with van der Waals surface area (Å²) in [5.74, 6) is -0.814. The van der Waals surface area contributed by atoms with Crippen LogP contribution < -0.4 is 4.90 Å². The number of carboxylic acid groups (broad SMARTS) is 1. The number of para-hydroxylation sites is 1. The van der Waals surface area contributed by atoms with Crippen LogP contribution in [0.1, 0.15) is 30.5 Å². The number of fused-ring (bicyclic) bond motifs is 6. The van der Waals surface area contributed by atoms with Crippen LogP contribution in [0.15, 0.2) is 66.7 Å². The first-order valence-electron chi connectivity index (χ1n) is 11.7. The summed E-state index contributed by atoms with van der Waals surface area (Å²) in [7, 11) is 2.12. The van der Waals surface area contributed by atoms with Crippen LogP contribution in [0.3, 0.4) is 0 Å². The van der Waals surface area contributed by atoms with Gasteiger partial charge in [-0.05, 0) is 41.0 Å². The van der Waals surface area contributed by atoms with Crippen molar-refractivity contribution in [3.8, 4) is 0 Å². The van der Waals surface area contributed by atoms with Gasteiger partial charge in [-0.3, -0.25) is 4.79 Å². The average Bonchev–Trinajstić information content (AvgIpc) is 3.43. The minimum absolute atomic E-state index is 0.0259. The molecule has 3 heterocycles. The Kier molecular flexibility index (Phi) is 4.45. The standard InChI is InChI=1S/C29H28N2O3/c1-28(2)23-16-20(18-27(32)33)9-11-25(23)31-14-15-34-29(28,31)13-12-19-8-10-22-21-6-4-5-7-24(21)30(3)26(22)17-19/h4-13,16-17H,14-15,18H2,1-3H3,(H,32,33). The van der Waals surface area contributed by atoms with Crippen molar-refractivity contribution >= 4 is 39.5 Å². The third-order valence-electron chi connectivity index (χ3n) is 7.75. The van der Waals surface area contributed by atoms with Crippen LogP contribution in [-0.4, -0.2) is 34.5 Å². The van der Waals surface area contributed by atoms with Gasteiger partial charge in [0.25, 0.3) is 0 Å². The number of anilines is 1. The molecule has 5 nitrogen and oxygen atoms in total. The SMILES string of the molecule is Cn1c2ccccc2c2ccc(C=CC34OCCN3c3ccc(CC(=O)O)cc3C4(C)C)cc21. The minimum Gasteiger partial charge on any atom is -0.481 e. The molecular formula is C29H28N2O3. The second-order valence-corrected chi connectivity index (χ2v) is 9.93. The van der Waals surface area contributed by atoms with E-state index in [9.17, 15) is 9.90 Å². The van der Waals surface area contributed by atoms with E-state index in [2.05, 4.69) is 91.0 Å². The number of rotatable bonds is 4. The molecule has 1 N–H and O–H groups in total. The molecule has 2 aliphatic rings. The van der Waals surface area contributed by atoms with Gasteiger partial charge in [-0.25, -0.2) is 0 Å². The van der Waals surface area contributed by atoms with Crippen LogP contribution in [-0.2, 0) is 28.4 Å². The van der Waals surface area contributed by atoms with Gasteiger partial charge in [0.2, 0.25) is 0 Å². The van der Waals surface area contributed by atoms with Crippen LogP contribution >= 0.6 is 0 Å². The Morgan fingerprint density at radius 1 is 1.06 bits per heavy atom. The number of carboxylic acids is 1. The van der Waals surface area contributed by atoms with Gasteiger partial charge in [0, 0.05) is 46.5 Å².